The summed E-state index contributed by atoms with van der Waals surface area (Å²) in [6.45, 7) is 7.81. The van der Waals surface area contributed by atoms with E-state index < -0.39 is 11.7 Å². The number of nitrogens with one attached hydrogen (secondary N) is 1. The molecular weight excluding hydrogens is 254 g/mol. The highest BCUT2D eigenvalue weighted by molar-refractivity contribution is 5.67. The molecule has 0 aromatic carbocycles. The van der Waals surface area contributed by atoms with Gasteiger partial charge in [0.15, 0.2) is 0 Å². The van der Waals surface area contributed by atoms with E-state index in [-0.39, 0.29) is 0 Å². The average molecular weight is 275 g/mol. The van der Waals surface area contributed by atoms with Gasteiger partial charge >= 0.3 is 6.09 Å². The fraction of sp³-hybridized carbons (Fsp3) is 0.467. The Bertz CT molecular complexity index is 536. The third kappa shape index (κ3) is 6.10. The van der Waals surface area contributed by atoms with Crippen LogP contribution in [0.2, 0.25) is 0 Å². The molecule has 1 amide bonds. The van der Waals surface area contributed by atoms with Gasteiger partial charge in [0.1, 0.15) is 11.3 Å². The van der Waals surface area contributed by atoms with Gasteiger partial charge in [0, 0.05) is 13.0 Å². The SMILES string of the molecule is Cc1cc(N)cnc1C#CCCNC(=O)OC(C)(C)C. The van der Waals surface area contributed by atoms with Gasteiger partial charge < -0.3 is 15.8 Å². The first-order valence-corrected chi connectivity index (χ1v) is 6.46. The minimum atomic E-state index is -0.485. The number of ether oxygens (including phenoxy) is 1. The number of nitrogens with zero attached hydrogens (tertiary/aromatic N) is 1. The second-order valence-electron chi connectivity index (χ2n) is 5.41. The van der Waals surface area contributed by atoms with Crippen LogP contribution in [0.15, 0.2) is 12.3 Å². The first-order valence-electron chi connectivity index (χ1n) is 6.46. The van der Waals surface area contributed by atoms with Gasteiger partial charge in [-0.05, 0) is 45.2 Å². The molecule has 20 heavy (non-hydrogen) atoms. The van der Waals surface area contributed by atoms with Crippen molar-refractivity contribution in [2.24, 2.45) is 0 Å². The van der Waals surface area contributed by atoms with Gasteiger partial charge in [0.25, 0.3) is 0 Å². The molecule has 5 nitrogen and oxygen atoms in total. The summed E-state index contributed by atoms with van der Waals surface area (Å²) >= 11 is 0. The Balaban J connectivity index is 2.38. The van der Waals surface area contributed by atoms with Crippen LogP contribution in [-0.2, 0) is 4.74 Å². The minimum Gasteiger partial charge on any atom is -0.444 e. The van der Waals surface area contributed by atoms with E-state index in [9.17, 15) is 4.79 Å². The summed E-state index contributed by atoms with van der Waals surface area (Å²) in [5.74, 6) is 5.91. The Morgan fingerprint density at radius 1 is 1.50 bits per heavy atom. The van der Waals surface area contributed by atoms with Crippen LogP contribution in [0.1, 0.15) is 38.4 Å². The molecule has 0 fully saturated rings. The van der Waals surface area contributed by atoms with Gasteiger partial charge in [-0.25, -0.2) is 9.78 Å². The van der Waals surface area contributed by atoms with Gasteiger partial charge in [-0.2, -0.15) is 0 Å². The Kier molecular flexibility index (Phi) is 5.39. The Morgan fingerprint density at radius 3 is 2.80 bits per heavy atom. The quantitative estimate of drug-likeness (QED) is 0.641. The molecule has 0 unspecified atom stereocenters. The second kappa shape index (κ2) is 6.80. The van der Waals surface area contributed by atoms with Crippen molar-refractivity contribution < 1.29 is 9.53 Å². The lowest BCUT2D eigenvalue weighted by Crippen LogP contribution is -2.32. The zero-order valence-electron chi connectivity index (χ0n) is 12.4. The van der Waals surface area contributed by atoms with E-state index >= 15 is 0 Å². The maximum atomic E-state index is 11.4. The zero-order chi connectivity index (χ0) is 15.2. The number of carbonyl (C=O) groups excluding carboxylic acids is 1. The minimum absolute atomic E-state index is 0.430. The largest absolute Gasteiger partial charge is 0.444 e. The molecule has 1 aromatic rings. The molecule has 3 N–H and O–H groups in total. The van der Waals surface area contributed by atoms with E-state index in [1.165, 1.54) is 0 Å². The molecular formula is C15H21N3O2. The van der Waals surface area contributed by atoms with Crippen molar-refractivity contribution in [2.45, 2.75) is 39.7 Å². The first kappa shape index (κ1) is 15.8. The molecule has 0 aliphatic heterocycles. The first-order chi connectivity index (χ1) is 9.28. The normalized spacial score (nSPS) is 10.4. The number of pyridine rings is 1. The topological polar surface area (TPSA) is 77.2 Å². The third-order valence-corrected chi connectivity index (χ3v) is 2.22. The van der Waals surface area contributed by atoms with E-state index in [1.807, 2.05) is 33.8 Å². The van der Waals surface area contributed by atoms with E-state index in [0.717, 1.165) is 5.56 Å². The zero-order valence-corrected chi connectivity index (χ0v) is 12.4. The van der Waals surface area contributed by atoms with Crippen molar-refractivity contribution in [1.29, 1.82) is 0 Å². The Morgan fingerprint density at radius 2 is 2.20 bits per heavy atom. The van der Waals surface area contributed by atoms with E-state index in [1.54, 1.807) is 6.20 Å². The van der Waals surface area contributed by atoms with Crippen LogP contribution >= 0.6 is 0 Å². The third-order valence-electron chi connectivity index (χ3n) is 2.22. The maximum absolute atomic E-state index is 11.4. The molecule has 0 spiro atoms. The molecule has 1 aromatic heterocycles. The van der Waals surface area contributed by atoms with Crippen molar-refractivity contribution in [3.05, 3.63) is 23.5 Å². The molecule has 1 heterocycles. The van der Waals surface area contributed by atoms with Crippen LogP contribution in [0.25, 0.3) is 0 Å². The number of hydrogen-bond acceptors (Lipinski definition) is 4. The molecule has 1 rings (SSSR count). The van der Waals surface area contributed by atoms with Gasteiger partial charge in [0.05, 0.1) is 11.9 Å². The highest BCUT2D eigenvalue weighted by Crippen LogP contribution is 2.07. The van der Waals surface area contributed by atoms with Crippen molar-refractivity contribution in [3.8, 4) is 11.8 Å². The molecule has 0 aliphatic rings. The van der Waals surface area contributed by atoms with Gasteiger partial charge in [-0.15, -0.1) is 0 Å². The van der Waals surface area contributed by atoms with Crippen LogP contribution in [-0.4, -0.2) is 23.2 Å². The van der Waals surface area contributed by atoms with Crippen LogP contribution in [0.3, 0.4) is 0 Å². The van der Waals surface area contributed by atoms with E-state index in [0.29, 0.717) is 24.3 Å². The molecule has 108 valence electrons. The van der Waals surface area contributed by atoms with E-state index in [4.69, 9.17) is 10.5 Å². The number of hydrogen-bond donors (Lipinski definition) is 2. The summed E-state index contributed by atoms with van der Waals surface area (Å²) in [6.07, 6.45) is 1.68. The predicted molar refractivity (Wildman–Crippen MR) is 79.1 cm³/mol. The molecule has 0 saturated heterocycles. The second-order valence-corrected chi connectivity index (χ2v) is 5.41. The number of rotatable bonds is 2. The molecule has 0 atom stereocenters. The number of carbonyl (C=O) groups is 1. The van der Waals surface area contributed by atoms with Gasteiger partial charge in [-0.1, -0.05) is 5.92 Å². The predicted octanol–water partition coefficient (Wildman–Crippen LogP) is 2.24. The van der Waals surface area contributed by atoms with Crippen molar-refractivity contribution >= 4 is 11.8 Å². The molecule has 0 radical (unpaired) electrons. The number of anilines is 1. The smallest absolute Gasteiger partial charge is 0.407 e. The van der Waals surface area contributed by atoms with Crippen molar-refractivity contribution in [1.82, 2.24) is 10.3 Å². The summed E-state index contributed by atoms with van der Waals surface area (Å²) in [4.78, 5) is 15.5. The number of amides is 1. The summed E-state index contributed by atoms with van der Waals surface area (Å²) < 4.78 is 5.11. The molecule has 0 bridgehead atoms. The number of alkyl carbamates (subject to hydrolysis) is 1. The summed E-state index contributed by atoms with van der Waals surface area (Å²) in [7, 11) is 0. The number of nitrogens with two attached hydrogens (primary N) is 1. The number of aryl methyl sites for hydroxylation is 1. The fourth-order valence-corrected chi connectivity index (χ4v) is 1.41. The van der Waals surface area contributed by atoms with Crippen molar-refractivity contribution in [2.75, 3.05) is 12.3 Å². The lowest BCUT2D eigenvalue weighted by Gasteiger charge is -2.19. The average Bonchev–Trinajstić information content (AvgIpc) is 2.28. The van der Waals surface area contributed by atoms with Crippen LogP contribution in [0.4, 0.5) is 10.5 Å². The molecule has 0 saturated carbocycles. The fourth-order valence-electron chi connectivity index (χ4n) is 1.41. The molecule has 0 aliphatic carbocycles. The summed E-state index contributed by atoms with van der Waals surface area (Å²) in [5, 5.41) is 2.65. The summed E-state index contributed by atoms with van der Waals surface area (Å²) in [5.41, 5.74) is 7.40. The molecule has 5 heteroatoms. The van der Waals surface area contributed by atoms with Gasteiger partial charge in [-0.3, -0.25) is 0 Å². The lowest BCUT2D eigenvalue weighted by molar-refractivity contribution is 0.0529. The van der Waals surface area contributed by atoms with Crippen LogP contribution in [0, 0.1) is 18.8 Å². The lowest BCUT2D eigenvalue weighted by atomic mass is 10.2. The monoisotopic (exact) mass is 275 g/mol. The van der Waals surface area contributed by atoms with E-state index in [2.05, 4.69) is 22.1 Å². The van der Waals surface area contributed by atoms with Crippen LogP contribution < -0.4 is 11.1 Å². The summed E-state index contributed by atoms with van der Waals surface area (Å²) in [6, 6.07) is 1.83. The highest BCUT2D eigenvalue weighted by Gasteiger charge is 2.15. The maximum Gasteiger partial charge on any atom is 0.407 e. The Labute approximate surface area is 119 Å². The standard InChI is InChI=1S/C15H21N3O2/c1-11-9-12(16)10-18-13(11)7-5-6-8-17-14(19)20-15(2,3)4/h9-10H,6,8,16H2,1-4H3,(H,17,19). The Hall–Kier alpha value is -2.22. The van der Waals surface area contributed by atoms with Gasteiger partial charge in [0.2, 0.25) is 0 Å². The van der Waals surface area contributed by atoms with Crippen LogP contribution in [0.5, 0.6) is 0 Å². The van der Waals surface area contributed by atoms with Crippen molar-refractivity contribution in [3.63, 3.8) is 0 Å². The number of aromatic nitrogens is 1. The highest BCUT2D eigenvalue weighted by atomic mass is 16.6. The number of nitrogen functional groups attached to an aromatic ring is 1.